The molecule has 0 N–H and O–H groups in total. The van der Waals surface area contributed by atoms with Crippen molar-refractivity contribution in [2.45, 2.75) is 19.6 Å². The summed E-state index contributed by atoms with van der Waals surface area (Å²) in [6.45, 7) is 2.23. The molecule has 2 aromatic heterocycles. The molecule has 3 rings (SSSR count). The predicted molar refractivity (Wildman–Crippen MR) is 87.6 cm³/mol. The molecule has 0 radical (unpaired) electrons. The molecule has 1 atom stereocenters. The number of nitrogens with zero attached hydrogens (tertiary/aromatic N) is 3. The van der Waals surface area contributed by atoms with Gasteiger partial charge in [-0.1, -0.05) is 18.3 Å². The molecule has 1 aliphatic heterocycles. The summed E-state index contributed by atoms with van der Waals surface area (Å²) in [6.07, 6.45) is 3.15. The lowest BCUT2D eigenvalue weighted by atomic mass is 10.2. The topological polar surface area (TPSA) is 75.9 Å². The van der Waals surface area contributed by atoms with Crippen LogP contribution in [0.15, 0.2) is 26.7 Å². The molecule has 2 amide bonds. The number of hydrogen-bond donors (Lipinski definition) is 0. The van der Waals surface area contributed by atoms with Crippen LogP contribution < -0.4 is 4.90 Å². The van der Waals surface area contributed by atoms with Crippen LogP contribution in [0.25, 0.3) is 0 Å². The van der Waals surface area contributed by atoms with Gasteiger partial charge in [0.05, 0.1) is 22.8 Å². The van der Waals surface area contributed by atoms with Crippen LogP contribution in [0.2, 0.25) is 0 Å². The van der Waals surface area contributed by atoms with Crippen LogP contribution in [0.4, 0.5) is 9.93 Å². The Morgan fingerprint density at radius 2 is 2.39 bits per heavy atom. The summed E-state index contributed by atoms with van der Waals surface area (Å²) in [5, 5.41) is 0.470. The van der Waals surface area contributed by atoms with Gasteiger partial charge >= 0.3 is 12.0 Å². The van der Waals surface area contributed by atoms with Crippen molar-refractivity contribution in [3.8, 4) is 0 Å². The van der Waals surface area contributed by atoms with Crippen LogP contribution in [0.5, 0.6) is 0 Å². The monoisotopic (exact) mass is 399 g/mol. The first-order valence-electron chi connectivity index (χ1n) is 6.93. The minimum absolute atomic E-state index is 0.129. The second kappa shape index (κ2) is 6.32. The number of esters is 1. The number of hydrogen-bond acceptors (Lipinski definition) is 6. The lowest BCUT2D eigenvalue weighted by Gasteiger charge is -2.19. The summed E-state index contributed by atoms with van der Waals surface area (Å²) >= 11 is 4.61. The van der Waals surface area contributed by atoms with Gasteiger partial charge in [0.1, 0.15) is 0 Å². The number of ether oxygens (including phenoxy) is 1. The van der Waals surface area contributed by atoms with Gasteiger partial charge in [-0.05, 0) is 34.0 Å². The van der Waals surface area contributed by atoms with E-state index in [0.717, 1.165) is 15.8 Å². The summed E-state index contributed by atoms with van der Waals surface area (Å²) in [6, 6.07) is 1.38. The van der Waals surface area contributed by atoms with Gasteiger partial charge in [-0.25, -0.2) is 19.5 Å². The zero-order valence-corrected chi connectivity index (χ0v) is 14.9. The van der Waals surface area contributed by atoms with Crippen molar-refractivity contribution in [2.75, 3.05) is 18.5 Å². The molecule has 1 unspecified atom stereocenters. The second-order valence-electron chi connectivity index (χ2n) is 5.01. The molecule has 122 valence electrons. The predicted octanol–water partition coefficient (Wildman–Crippen LogP) is 3.12. The Morgan fingerprint density at radius 1 is 1.61 bits per heavy atom. The first-order chi connectivity index (χ1) is 11.0. The fourth-order valence-electron chi connectivity index (χ4n) is 2.20. The molecule has 2 aromatic rings. The minimum Gasteiger partial charge on any atom is -0.457 e. The molecule has 7 nitrogen and oxygen atoms in total. The van der Waals surface area contributed by atoms with Crippen molar-refractivity contribution >= 4 is 44.4 Å². The highest BCUT2D eigenvalue weighted by Gasteiger charge is 2.41. The Morgan fingerprint density at radius 3 is 3.00 bits per heavy atom. The Hall–Kier alpha value is -1.87. The molecular formula is C14H14BrN3O4S. The van der Waals surface area contributed by atoms with Crippen LogP contribution in [0.1, 0.15) is 23.0 Å². The molecule has 0 saturated carbocycles. The Bertz CT molecular complexity index is 744. The fraction of sp³-hybridized carbons (Fsp3) is 0.357. The van der Waals surface area contributed by atoms with E-state index < -0.39 is 12.2 Å². The number of aromatic nitrogens is 1. The average Bonchev–Trinajstić information content (AvgIpc) is 3.21. The number of amides is 2. The van der Waals surface area contributed by atoms with E-state index >= 15 is 0 Å². The summed E-state index contributed by atoms with van der Waals surface area (Å²) in [5.74, 6) is -0.470. The third-order valence-corrected chi connectivity index (χ3v) is 4.90. The maximum atomic E-state index is 12.3. The molecule has 3 heterocycles. The zero-order valence-electron chi connectivity index (χ0n) is 12.5. The normalized spacial score (nSPS) is 17.9. The average molecular weight is 400 g/mol. The number of halogens is 1. The highest BCUT2D eigenvalue weighted by molar-refractivity contribution is 9.11. The second-order valence-corrected chi connectivity index (χ2v) is 7.40. The van der Waals surface area contributed by atoms with Crippen LogP contribution in [-0.4, -0.2) is 41.7 Å². The van der Waals surface area contributed by atoms with Gasteiger partial charge in [0.15, 0.2) is 5.13 Å². The molecule has 0 spiro atoms. The van der Waals surface area contributed by atoms with E-state index in [2.05, 4.69) is 20.9 Å². The Balaban J connectivity index is 1.79. The quantitative estimate of drug-likeness (QED) is 0.738. The molecule has 1 fully saturated rings. The van der Waals surface area contributed by atoms with Crippen molar-refractivity contribution in [3.63, 3.8) is 0 Å². The van der Waals surface area contributed by atoms with Crippen molar-refractivity contribution in [3.05, 3.63) is 33.6 Å². The minimum atomic E-state index is -0.742. The van der Waals surface area contributed by atoms with E-state index in [1.807, 2.05) is 6.92 Å². The molecule has 9 heteroatoms. The molecule has 0 aromatic carbocycles. The number of carbonyl (C=O) groups excluding carboxylic acids is 2. The summed E-state index contributed by atoms with van der Waals surface area (Å²) in [7, 11) is 1.65. The number of thiazole rings is 1. The van der Waals surface area contributed by atoms with Crippen molar-refractivity contribution in [1.82, 2.24) is 9.88 Å². The Labute approximate surface area is 145 Å². The summed E-state index contributed by atoms with van der Waals surface area (Å²) in [5.41, 5.74) is 0.914. The van der Waals surface area contributed by atoms with Crippen molar-refractivity contribution < 1.29 is 18.7 Å². The first-order valence-corrected chi connectivity index (χ1v) is 8.54. The van der Waals surface area contributed by atoms with Crippen LogP contribution in [0, 0.1) is 0 Å². The standard InChI is InChI=1S/C14H14BrN3O4S/c1-3-8-4-9(21-7-8)12(19)22-11-6-17(2)14(20)18(11)13-16-5-10(15)23-13/h4-5,7,11H,3,6H2,1-2H3. The van der Waals surface area contributed by atoms with Gasteiger partial charge in [0.2, 0.25) is 12.0 Å². The SMILES string of the molecule is CCc1coc(C(=O)OC2CN(C)C(=O)N2c2ncc(Br)s2)c1. The van der Waals surface area contributed by atoms with Gasteiger partial charge < -0.3 is 14.1 Å². The molecule has 0 bridgehead atoms. The van der Waals surface area contributed by atoms with Crippen molar-refractivity contribution in [1.29, 1.82) is 0 Å². The van der Waals surface area contributed by atoms with Crippen LogP contribution in [-0.2, 0) is 11.2 Å². The third-order valence-electron chi connectivity index (χ3n) is 3.43. The largest absolute Gasteiger partial charge is 0.457 e. The van der Waals surface area contributed by atoms with Gasteiger partial charge in [-0.2, -0.15) is 0 Å². The number of rotatable bonds is 4. The van der Waals surface area contributed by atoms with E-state index in [4.69, 9.17) is 9.15 Å². The van der Waals surface area contributed by atoms with Crippen LogP contribution in [0.3, 0.4) is 0 Å². The van der Waals surface area contributed by atoms with Gasteiger partial charge in [0, 0.05) is 7.05 Å². The van der Waals surface area contributed by atoms with Crippen LogP contribution >= 0.6 is 27.3 Å². The van der Waals surface area contributed by atoms with E-state index in [-0.39, 0.29) is 18.3 Å². The van der Waals surface area contributed by atoms with E-state index in [1.165, 1.54) is 27.4 Å². The van der Waals surface area contributed by atoms with E-state index in [9.17, 15) is 9.59 Å². The zero-order chi connectivity index (χ0) is 16.6. The molecule has 1 saturated heterocycles. The highest BCUT2D eigenvalue weighted by atomic mass is 79.9. The van der Waals surface area contributed by atoms with Gasteiger partial charge in [-0.3, -0.25) is 0 Å². The smallest absolute Gasteiger partial charge is 0.376 e. The van der Waals surface area contributed by atoms with Gasteiger partial charge in [-0.15, -0.1) is 0 Å². The number of likely N-dealkylation sites (N-methyl/N-ethyl adjacent to an activating group) is 1. The molecule has 0 aliphatic carbocycles. The van der Waals surface area contributed by atoms with E-state index in [1.54, 1.807) is 19.3 Å². The number of anilines is 1. The molecule has 1 aliphatic rings. The lowest BCUT2D eigenvalue weighted by molar-refractivity contribution is 0.0295. The molecule has 23 heavy (non-hydrogen) atoms. The summed E-state index contributed by atoms with van der Waals surface area (Å²) in [4.78, 5) is 31.5. The fourth-order valence-corrected chi connectivity index (χ4v) is 3.42. The third kappa shape index (κ3) is 3.11. The number of carbonyl (C=O) groups is 2. The van der Waals surface area contributed by atoms with Gasteiger partial charge in [0.25, 0.3) is 0 Å². The number of aryl methyl sites for hydroxylation is 1. The maximum absolute atomic E-state index is 12.3. The molecular weight excluding hydrogens is 386 g/mol. The highest BCUT2D eigenvalue weighted by Crippen LogP contribution is 2.31. The number of furan rings is 1. The summed E-state index contributed by atoms with van der Waals surface area (Å²) < 4.78 is 11.5. The lowest BCUT2D eigenvalue weighted by Crippen LogP contribution is -2.37. The van der Waals surface area contributed by atoms with E-state index in [0.29, 0.717) is 5.13 Å². The maximum Gasteiger partial charge on any atom is 0.376 e. The first kappa shape index (κ1) is 16.0. The van der Waals surface area contributed by atoms with Crippen molar-refractivity contribution in [2.24, 2.45) is 0 Å². The Kier molecular flexibility index (Phi) is 4.40. The number of urea groups is 1.